The minimum atomic E-state index is 0.599. The quantitative estimate of drug-likeness (QED) is 0.174. The van der Waals surface area contributed by atoms with E-state index >= 15 is 0 Å². The van der Waals surface area contributed by atoms with E-state index in [2.05, 4.69) is 237 Å². The number of para-hydroxylation sites is 6. The Hall–Kier alpha value is -8.74. The van der Waals surface area contributed by atoms with Crippen molar-refractivity contribution in [1.82, 2.24) is 28.2 Å². The third-order valence-electron chi connectivity index (χ3n) is 13.2. The Morgan fingerprint density at radius 2 is 0.609 bits per heavy atom. The SMILES string of the molecule is c1ccc(-c2cc(-n3c4ccccc4c4ccc5c6ccccc6n(-c6ccccc6)c5c43)nc(-n3c4ccccc4c4ccc5c6ccccc6n(-c6ccccc6)c5c43)n2)cc1. The van der Waals surface area contributed by atoms with Crippen LogP contribution >= 0.6 is 0 Å². The molecule has 0 bridgehead atoms. The molecule has 0 aliphatic heterocycles. The van der Waals surface area contributed by atoms with E-state index in [1.165, 1.54) is 21.5 Å². The molecule has 0 spiro atoms. The number of fused-ring (bicyclic) bond motifs is 14. The highest BCUT2D eigenvalue weighted by atomic mass is 15.2. The molecule has 0 N–H and O–H groups in total. The number of benzene rings is 9. The molecule has 0 amide bonds. The first-order valence-electron chi connectivity index (χ1n) is 21.8. The van der Waals surface area contributed by atoms with Crippen LogP contribution in [0, 0.1) is 0 Å². The zero-order chi connectivity index (χ0) is 41.9. The fraction of sp³-hybridized carbons (Fsp3) is 0. The van der Waals surface area contributed by atoms with Gasteiger partial charge in [-0.1, -0.05) is 164 Å². The second kappa shape index (κ2) is 13.4. The Morgan fingerprint density at radius 1 is 0.266 bits per heavy atom. The molecule has 0 radical (unpaired) electrons. The normalized spacial score (nSPS) is 12.1. The lowest BCUT2D eigenvalue weighted by molar-refractivity contribution is 0.952. The van der Waals surface area contributed by atoms with E-state index in [9.17, 15) is 0 Å². The molecule has 0 fully saturated rings. The van der Waals surface area contributed by atoms with Gasteiger partial charge in [-0.05, 0) is 48.5 Å². The average molecular weight is 817 g/mol. The van der Waals surface area contributed by atoms with E-state index in [0.29, 0.717) is 5.95 Å². The standard InChI is InChI=1S/C58H36N6/c1-4-18-37(19-5-1)48-36-53(63-51-30-16-12-26-42(51)46-34-32-44-40-24-10-14-28-49(40)61(54(44)56(46)63)38-20-6-2-7-21-38)60-58(59-48)64-52-31-17-13-27-43(52)47-35-33-45-41-25-11-15-29-50(41)62(55(45)57(47)64)39-22-8-3-9-23-39/h1-36H. The van der Waals surface area contributed by atoms with Gasteiger partial charge in [-0.15, -0.1) is 0 Å². The number of hydrogen-bond donors (Lipinski definition) is 0. The van der Waals surface area contributed by atoms with Gasteiger partial charge in [-0.2, -0.15) is 4.98 Å². The van der Waals surface area contributed by atoms with E-state index in [1.807, 2.05) is 0 Å². The molecule has 14 aromatic rings. The van der Waals surface area contributed by atoms with Crippen LogP contribution in [0.25, 0.3) is 122 Å². The molecule has 5 aromatic heterocycles. The van der Waals surface area contributed by atoms with Gasteiger partial charge in [-0.3, -0.25) is 9.13 Å². The highest BCUT2D eigenvalue weighted by Gasteiger charge is 2.26. The molecule has 5 heterocycles. The first kappa shape index (κ1) is 34.9. The summed E-state index contributed by atoms with van der Waals surface area (Å²) in [5.41, 5.74) is 12.9. The molecule has 9 aromatic carbocycles. The fourth-order valence-corrected chi connectivity index (χ4v) is 10.5. The van der Waals surface area contributed by atoms with Gasteiger partial charge in [0.05, 0.1) is 49.8 Å². The Bertz CT molecular complexity index is 3920. The van der Waals surface area contributed by atoms with Gasteiger partial charge >= 0.3 is 0 Å². The zero-order valence-corrected chi connectivity index (χ0v) is 34.5. The second-order valence-corrected chi connectivity index (χ2v) is 16.6. The molecular formula is C58H36N6. The van der Waals surface area contributed by atoms with Crippen LogP contribution < -0.4 is 0 Å². The van der Waals surface area contributed by atoms with E-state index in [-0.39, 0.29) is 0 Å². The fourth-order valence-electron chi connectivity index (χ4n) is 10.5. The molecule has 6 nitrogen and oxygen atoms in total. The van der Waals surface area contributed by atoms with Gasteiger partial charge in [0.1, 0.15) is 5.82 Å². The largest absolute Gasteiger partial charge is 0.307 e. The molecule has 0 unspecified atom stereocenters. The summed E-state index contributed by atoms with van der Waals surface area (Å²) < 4.78 is 9.53. The zero-order valence-electron chi connectivity index (χ0n) is 34.5. The van der Waals surface area contributed by atoms with Crippen molar-refractivity contribution < 1.29 is 0 Å². The summed E-state index contributed by atoms with van der Waals surface area (Å²) in [6, 6.07) is 78.2. The van der Waals surface area contributed by atoms with E-state index in [1.54, 1.807) is 0 Å². The van der Waals surface area contributed by atoms with Crippen molar-refractivity contribution in [3.8, 4) is 34.4 Å². The van der Waals surface area contributed by atoms with E-state index < -0.39 is 0 Å². The lowest BCUT2D eigenvalue weighted by Crippen LogP contribution is -2.08. The number of rotatable bonds is 5. The smallest absolute Gasteiger partial charge is 0.237 e. The molecule has 0 aliphatic carbocycles. The highest BCUT2D eigenvalue weighted by molar-refractivity contribution is 6.25. The third kappa shape index (κ3) is 4.85. The molecule has 6 heteroatoms. The monoisotopic (exact) mass is 816 g/mol. The van der Waals surface area contributed by atoms with Gasteiger partial charge < -0.3 is 9.13 Å². The van der Waals surface area contributed by atoms with Gasteiger partial charge in [0.2, 0.25) is 5.95 Å². The van der Waals surface area contributed by atoms with Crippen molar-refractivity contribution in [2.75, 3.05) is 0 Å². The summed E-state index contributed by atoms with van der Waals surface area (Å²) in [7, 11) is 0. The second-order valence-electron chi connectivity index (χ2n) is 16.6. The van der Waals surface area contributed by atoms with Gasteiger partial charge in [-0.25, -0.2) is 4.98 Å². The van der Waals surface area contributed by atoms with Crippen molar-refractivity contribution in [3.05, 3.63) is 218 Å². The summed E-state index contributed by atoms with van der Waals surface area (Å²) in [5.74, 6) is 1.38. The van der Waals surface area contributed by atoms with Crippen molar-refractivity contribution in [2.24, 2.45) is 0 Å². The molecule has 14 rings (SSSR count). The maximum absolute atomic E-state index is 5.77. The lowest BCUT2D eigenvalue weighted by Gasteiger charge is -2.16. The van der Waals surface area contributed by atoms with Crippen LogP contribution in [0.15, 0.2) is 218 Å². The number of nitrogens with zero attached hydrogens (tertiary/aromatic N) is 6. The number of aromatic nitrogens is 6. The highest BCUT2D eigenvalue weighted by Crippen LogP contribution is 2.44. The van der Waals surface area contributed by atoms with Crippen molar-refractivity contribution >= 4 is 87.2 Å². The molecule has 298 valence electrons. The van der Waals surface area contributed by atoms with Crippen LogP contribution in [0.3, 0.4) is 0 Å². The lowest BCUT2D eigenvalue weighted by atomic mass is 10.1. The molecule has 0 atom stereocenters. The van der Waals surface area contributed by atoms with Crippen molar-refractivity contribution in [1.29, 1.82) is 0 Å². The molecule has 0 saturated heterocycles. The molecule has 0 aliphatic rings. The summed E-state index contributed by atoms with van der Waals surface area (Å²) in [4.78, 5) is 11.3. The minimum absolute atomic E-state index is 0.599. The van der Waals surface area contributed by atoms with Crippen LogP contribution in [0.1, 0.15) is 0 Å². The summed E-state index contributed by atoms with van der Waals surface area (Å²) in [6.45, 7) is 0. The van der Waals surface area contributed by atoms with Gasteiger partial charge in [0.25, 0.3) is 0 Å². The van der Waals surface area contributed by atoms with Crippen LogP contribution in [0.5, 0.6) is 0 Å². The minimum Gasteiger partial charge on any atom is -0.307 e. The van der Waals surface area contributed by atoms with Crippen LogP contribution in [-0.4, -0.2) is 28.2 Å². The van der Waals surface area contributed by atoms with Crippen molar-refractivity contribution in [2.45, 2.75) is 0 Å². The molecular weight excluding hydrogens is 781 g/mol. The first-order chi connectivity index (χ1) is 31.8. The summed E-state index contributed by atoms with van der Waals surface area (Å²) in [6.07, 6.45) is 0. The predicted molar refractivity (Wildman–Crippen MR) is 265 cm³/mol. The van der Waals surface area contributed by atoms with Crippen LogP contribution in [-0.2, 0) is 0 Å². The van der Waals surface area contributed by atoms with E-state index in [0.717, 1.165) is 94.1 Å². The Morgan fingerprint density at radius 3 is 1.06 bits per heavy atom. The summed E-state index contributed by atoms with van der Waals surface area (Å²) in [5, 5.41) is 9.38. The Balaban J connectivity index is 1.17. The van der Waals surface area contributed by atoms with Crippen molar-refractivity contribution in [3.63, 3.8) is 0 Å². The van der Waals surface area contributed by atoms with Crippen LogP contribution in [0.2, 0.25) is 0 Å². The first-order valence-corrected chi connectivity index (χ1v) is 21.8. The van der Waals surface area contributed by atoms with E-state index in [4.69, 9.17) is 9.97 Å². The Labute approximate surface area is 366 Å². The molecule has 64 heavy (non-hydrogen) atoms. The molecule has 0 saturated carbocycles. The third-order valence-corrected chi connectivity index (χ3v) is 13.2. The van der Waals surface area contributed by atoms with Crippen LogP contribution in [0.4, 0.5) is 0 Å². The van der Waals surface area contributed by atoms with Gasteiger partial charge in [0.15, 0.2) is 0 Å². The maximum atomic E-state index is 5.77. The summed E-state index contributed by atoms with van der Waals surface area (Å²) >= 11 is 0. The Kier molecular flexibility index (Phi) is 7.30. The average Bonchev–Trinajstić information content (AvgIpc) is 4.10. The number of hydrogen-bond acceptors (Lipinski definition) is 2. The topological polar surface area (TPSA) is 45.5 Å². The van der Waals surface area contributed by atoms with Gasteiger partial charge in [0, 0.05) is 66.1 Å². The predicted octanol–water partition coefficient (Wildman–Crippen LogP) is 14.5. The maximum Gasteiger partial charge on any atom is 0.237 e.